The summed E-state index contributed by atoms with van der Waals surface area (Å²) in [6.45, 7) is 0. The van der Waals surface area contributed by atoms with Crippen molar-refractivity contribution >= 4 is 11.8 Å². The van der Waals surface area contributed by atoms with Gasteiger partial charge in [0.05, 0.1) is 0 Å². The van der Waals surface area contributed by atoms with Crippen molar-refractivity contribution in [3.63, 3.8) is 0 Å². The number of primary amides is 1. The van der Waals surface area contributed by atoms with E-state index >= 15 is 0 Å². The molecule has 170 valence electrons. The Hall–Kier alpha value is -4.25. The Morgan fingerprint density at radius 1 is 0.706 bits per heavy atom. The maximum atomic E-state index is 14.2. The van der Waals surface area contributed by atoms with E-state index in [1.807, 2.05) is 91.0 Å². The highest BCUT2D eigenvalue weighted by molar-refractivity contribution is 5.98. The summed E-state index contributed by atoms with van der Waals surface area (Å²) in [4.78, 5) is 26.6. The molecule has 4 nitrogen and oxygen atoms in total. The van der Waals surface area contributed by atoms with Gasteiger partial charge in [-0.3, -0.25) is 9.59 Å². The second kappa shape index (κ2) is 10.1. The van der Waals surface area contributed by atoms with Crippen LogP contribution in [0.4, 0.5) is 4.39 Å². The van der Waals surface area contributed by atoms with Crippen LogP contribution in [0, 0.1) is 5.82 Å². The number of benzene rings is 4. The van der Waals surface area contributed by atoms with Crippen LogP contribution in [-0.2, 0) is 21.4 Å². The maximum Gasteiger partial charge on any atom is 0.240 e. The standard InChI is InChI=1S/C29H25FN2O2/c30-25-18-16-21(17-19-25)20-26(27(31)33)32-28(34)29(22-10-4-1-5-11-22,23-12-6-2-7-13-23)24-14-8-3-9-15-24/h1-19,26H,20H2,(H2,31,33)(H,32,34)/t26-/m1/s1. The molecule has 0 saturated carbocycles. The van der Waals surface area contributed by atoms with E-state index in [4.69, 9.17) is 5.73 Å². The lowest BCUT2D eigenvalue weighted by atomic mass is 9.68. The molecular weight excluding hydrogens is 427 g/mol. The highest BCUT2D eigenvalue weighted by Crippen LogP contribution is 2.39. The van der Waals surface area contributed by atoms with Crippen molar-refractivity contribution in [3.05, 3.63) is 143 Å². The lowest BCUT2D eigenvalue weighted by Crippen LogP contribution is -2.54. The first-order chi connectivity index (χ1) is 16.5. The molecule has 0 spiro atoms. The van der Waals surface area contributed by atoms with E-state index in [1.165, 1.54) is 12.1 Å². The van der Waals surface area contributed by atoms with Gasteiger partial charge in [0.25, 0.3) is 0 Å². The minimum atomic E-state index is -1.22. The van der Waals surface area contributed by atoms with Gasteiger partial charge in [0.2, 0.25) is 11.8 Å². The first-order valence-electron chi connectivity index (χ1n) is 11.0. The lowest BCUT2D eigenvalue weighted by Gasteiger charge is -2.35. The molecule has 34 heavy (non-hydrogen) atoms. The quantitative estimate of drug-likeness (QED) is 0.390. The number of carbonyl (C=O) groups is 2. The third-order valence-corrected chi connectivity index (χ3v) is 5.96. The molecule has 4 aromatic rings. The van der Waals surface area contributed by atoms with Crippen LogP contribution in [0.15, 0.2) is 115 Å². The third-order valence-electron chi connectivity index (χ3n) is 5.96. The average molecular weight is 453 g/mol. The molecule has 4 rings (SSSR count). The molecule has 0 saturated heterocycles. The Morgan fingerprint density at radius 2 is 1.12 bits per heavy atom. The SMILES string of the molecule is NC(=O)[C@@H](Cc1ccc(F)cc1)NC(=O)C(c1ccccc1)(c1ccccc1)c1ccccc1. The molecule has 4 aromatic carbocycles. The summed E-state index contributed by atoms with van der Waals surface area (Å²) in [5, 5.41) is 2.91. The summed E-state index contributed by atoms with van der Waals surface area (Å²) in [5.74, 6) is -1.41. The molecule has 1 atom stereocenters. The van der Waals surface area contributed by atoms with Crippen molar-refractivity contribution < 1.29 is 14.0 Å². The van der Waals surface area contributed by atoms with Gasteiger partial charge in [0.15, 0.2) is 0 Å². The number of hydrogen-bond donors (Lipinski definition) is 2. The van der Waals surface area contributed by atoms with Gasteiger partial charge in [-0.25, -0.2) is 4.39 Å². The highest BCUT2D eigenvalue weighted by atomic mass is 19.1. The monoisotopic (exact) mass is 452 g/mol. The molecule has 0 bridgehead atoms. The average Bonchev–Trinajstić information content (AvgIpc) is 2.87. The summed E-state index contributed by atoms with van der Waals surface area (Å²) < 4.78 is 13.4. The van der Waals surface area contributed by atoms with Crippen LogP contribution in [0.1, 0.15) is 22.3 Å². The summed E-state index contributed by atoms with van der Waals surface area (Å²) in [6, 6.07) is 33.2. The Bertz CT molecular complexity index is 1150. The van der Waals surface area contributed by atoms with Gasteiger partial charge in [0, 0.05) is 6.42 Å². The zero-order chi connectivity index (χ0) is 24.0. The predicted molar refractivity (Wildman–Crippen MR) is 130 cm³/mol. The van der Waals surface area contributed by atoms with Crippen LogP contribution in [0.5, 0.6) is 0 Å². The van der Waals surface area contributed by atoms with Crippen molar-refractivity contribution in [2.75, 3.05) is 0 Å². The van der Waals surface area contributed by atoms with Gasteiger partial charge in [-0.05, 0) is 34.4 Å². The molecule has 0 unspecified atom stereocenters. The Morgan fingerprint density at radius 3 is 1.50 bits per heavy atom. The minimum Gasteiger partial charge on any atom is -0.368 e. The summed E-state index contributed by atoms with van der Waals surface area (Å²) >= 11 is 0. The number of amides is 2. The molecule has 0 aromatic heterocycles. The van der Waals surface area contributed by atoms with Crippen molar-refractivity contribution in [2.24, 2.45) is 5.73 Å². The summed E-state index contributed by atoms with van der Waals surface area (Å²) in [5.41, 5.74) is 7.44. The predicted octanol–water partition coefficient (Wildman–Crippen LogP) is 4.37. The molecule has 3 N–H and O–H groups in total. The van der Waals surface area contributed by atoms with E-state index in [-0.39, 0.29) is 18.1 Å². The van der Waals surface area contributed by atoms with Gasteiger partial charge in [-0.1, -0.05) is 103 Å². The molecule has 0 fully saturated rings. The zero-order valence-corrected chi connectivity index (χ0v) is 18.5. The normalized spacial score (nSPS) is 12.0. The zero-order valence-electron chi connectivity index (χ0n) is 18.5. The number of hydrogen-bond acceptors (Lipinski definition) is 2. The van der Waals surface area contributed by atoms with E-state index in [0.717, 1.165) is 16.7 Å². The molecule has 0 heterocycles. The number of nitrogens with two attached hydrogens (primary N) is 1. The minimum absolute atomic E-state index is 0.149. The van der Waals surface area contributed by atoms with E-state index in [2.05, 4.69) is 5.32 Å². The molecule has 0 aliphatic carbocycles. The van der Waals surface area contributed by atoms with E-state index in [1.54, 1.807) is 12.1 Å². The van der Waals surface area contributed by atoms with E-state index < -0.39 is 17.4 Å². The smallest absolute Gasteiger partial charge is 0.240 e. The third kappa shape index (κ3) is 4.59. The highest BCUT2D eigenvalue weighted by Gasteiger charge is 2.44. The van der Waals surface area contributed by atoms with Crippen LogP contribution in [0.3, 0.4) is 0 Å². The van der Waals surface area contributed by atoms with Crippen LogP contribution in [0.2, 0.25) is 0 Å². The molecule has 0 aliphatic heterocycles. The second-order valence-electron chi connectivity index (χ2n) is 8.11. The van der Waals surface area contributed by atoms with Crippen molar-refractivity contribution in [3.8, 4) is 0 Å². The lowest BCUT2D eigenvalue weighted by molar-refractivity contribution is -0.129. The number of nitrogens with one attached hydrogen (secondary N) is 1. The van der Waals surface area contributed by atoms with Crippen molar-refractivity contribution in [1.82, 2.24) is 5.32 Å². The Labute approximate surface area is 198 Å². The summed E-state index contributed by atoms with van der Waals surface area (Å²) in [6.07, 6.45) is 0.149. The number of halogens is 1. The van der Waals surface area contributed by atoms with Crippen molar-refractivity contribution in [2.45, 2.75) is 17.9 Å². The molecule has 5 heteroatoms. The van der Waals surface area contributed by atoms with Gasteiger partial charge in [-0.2, -0.15) is 0 Å². The summed E-state index contributed by atoms with van der Waals surface area (Å²) in [7, 11) is 0. The van der Waals surface area contributed by atoms with Gasteiger partial charge in [-0.15, -0.1) is 0 Å². The Balaban J connectivity index is 1.83. The fraction of sp³-hybridized carbons (Fsp3) is 0.103. The molecular formula is C29H25FN2O2. The Kier molecular flexibility index (Phi) is 6.83. The second-order valence-corrected chi connectivity index (χ2v) is 8.11. The van der Waals surface area contributed by atoms with Crippen molar-refractivity contribution in [1.29, 1.82) is 0 Å². The first-order valence-corrected chi connectivity index (χ1v) is 11.0. The number of rotatable bonds is 8. The number of carbonyl (C=O) groups excluding carboxylic acids is 2. The molecule has 0 aliphatic rings. The molecule has 2 amide bonds. The fourth-order valence-electron chi connectivity index (χ4n) is 4.30. The van der Waals surface area contributed by atoms with Crippen LogP contribution in [-0.4, -0.2) is 17.9 Å². The van der Waals surface area contributed by atoms with Gasteiger partial charge >= 0.3 is 0 Å². The fourth-order valence-corrected chi connectivity index (χ4v) is 4.30. The largest absolute Gasteiger partial charge is 0.368 e. The van der Waals surface area contributed by atoms with Crippen LogP contribution < -0.4 is 11.1 Å². The van der Waals surface area contributed by atoms with Crippen LogP contribution >= 0.6 is 0 Å². The molecule has 0 radical (unpaired) electrons. The van der Waals surface area contributed by atoms with E-state index in [9.17, 15) is 14.0 Å². The van der Waals surface area contributed by atoms with E-state index in [0.29, 0.717) is 5.56 Å². The van der Waals surface area contributed by atoms with Crippen LogP contribution in [0.25, 0.3) is 0 Å². The topological polar surface area (TPSA) is 72.2 Å². The van der Waals surface area contributed by atoms with Gasteiger partial charge < -0.3 is 11.1 Å². The first kappa shape index (κ1) is 22.9. The maximum absolute atomic E-state index is 14.2. The van der Waals surface area contributed by atoms with Gasteiger partial charge in [0.1, 0.15) is 17.3 Å².